The zero-order chi connectivity index (χ0) is 11.8. The predicted octanol–water partition coefficient (Wildman–Crippen LogP) is 1.14. The van der Waals surface area contributed by atoms with Crippen molar-refractivity contribution < 1.29 is 4.74 Å². The summed E-state index contributed by atoms with van der Waals surface area (Å²) in [5, 5.41) is 6.43. The van der Waals surface area contributed by atoms with Gasteiger partial charge < -0.3 is 15.4 Å². The van der Waals surface area contributed by atoms with E-state index in [4.69, 9.17) is 4.74 Å². The molecule has 0 aliphatic carbocycles. The molecule has 0 aromatic heterocycles. The van der Waals surface area contributed by atoms with Gasteiger partial charge in [-0.15, -0.1) is 0 Å². The first-order chi connectivity index (χ1) is 8.45. The highest BCUT2D eigenvalue weighted by Crippen LogP contribution is 1.99. The molecule has 4 nitrogen and oxygen atoms in total. The molecule has 0 bridgehead atoms. The van der Waals surface area contributed by atoms with Gasteiger partial charge in [-0.1, -0.05) is 30.3 Å². The molecule has 0 amide bonds. The van der Waals surface area contributed by atoms with Gasteiger partial charge in [-0.3, -0.25) is 4.99 Å². The van der Waals surface area contributed by atoms with Crippen LogP contribution in [0.4, 0.5) is 0 Å². The van der Waals surface area contributed by atoms with Crippen molar-refractivity contribution in [3.8, 4) is 0 Å². The average molecular weight is 233 g/mol. The van der Waals surface area contributed by atoms with Gasteiger partial charge >= 0.3 is 0 Å². The number of ether oxygens (including phenoxy) is 1. The number of hydrogen-bond donors (Lipinski definition) is 2. The summed E-state index contributed by atoms with van der Waals surface area (Å²) in [5.74, 6) is 0.902. The van der Waals surface area contributed by atoms with Crippen LogP contribution in [0.25, 0.3) is 0 Å². The first-order valence-electron chi connectivity index (χ1n) is 6.09. The van der Waals surface area contributed by atoms with E-state index in [1.807, 2.05) is 18.2 Å². The van der Waals surface area contributed by atoms with E-state index in [-0.39, 0.29) is 0 Å². The zero-order valence-electron chi connectivity index (χ0n) is 9.98. The third kappa shape index (κ3) is 4.44. The minimum absolute atomic E-state index is 0.669. The number of nitrogens with one attached hydrogen (secondary N) is 2. The Morgan fingerprint density at radius 1 is 1.29 bits per heavy atom. The van der Waals surface area contributed by atoms with Gasteiger partial charge in [0.25, 0.3) is 0 Å². The van der Waals surface area contributed by atoms with E-state index in [0.29, 0.717) is 13.2 Å². The minimum atomic E-state index is 0.669. The lowest BCUT2D eigenvalue weighted by molar-refractivity contribution is 0.125. The maximum atomic E-state index is 5.57. The summed E-state index contributed by atoms with van der Waals surface area (Å²) in [6.07, 6.45) is 1.12. The second-order valence-corrected chi connectivity index (χ2v) is 3.98. The van der Waals surface area contributed by atoms with Crippen molar-refractivity contribution >= 4 is 5.96 Å². The predicted molar refractivity (Wildman–Crippen MR) is 69.0 cm³/mol. The molecule has 1 aromatic carbocycles. The van der Waals surface area contributed by atoms with Gasteiger partial charge in [0, 0.05) is 19.6 Å². The van der Waals surface area contributed by atoms with E-state index in [9.17, 15) is 0 Å². The van der Waals surface area contributed by atoms with Crippen LogP contribution in [0.1, 0.15) is 12.0 Å². The van der Waals surface area contributed by atoms with Crippen LogP contribution in [0.5, 0.6) is 0 Å². The topological polar surface area (TPSA) is 45.6 Å². The summed E-state index contributed by atoms with van der Waals surface area (Å²) in [7, 11) is 0. The zero-order valence-corrected chi connectivity index (χ0v) is 9.98. The molecule has 1 aliphatic rings. The molecular formula is C13H19N3O. The van der Waals surface area contributed by atoms with Crippen LogP contribution in [0, 0.1) is 0 Å². The van der Waals surface area contributed by atoms with Crippen molar-refractivity contribution in [1.82, 2.24) is 10.6 Å². The van der Waals surface area contributed by atoms with Gasteiger partial charge in [-0.25, -0.2) is 0 Å². The lowest BCUT2D eigenvalue weighted by atomic mass is 10.2. The van der Waals surface area contributed by atoms with Crippen LogP contribution in [-0.2, 0) is 11.3 Å². The van der Waals surface area contributed by atoms with Crippen LogP contribution in [0.2, 0.25) is 0 Å². The quantitative estimate of drug-likeness (QED) is 0.750. The number of hydrogen-bond acceptors (Lipinski definition) is 4. The Kier molecular flexibility index (Phi) is 4.85. The monoisotopic (exact) mass is 233 g/mol. The van der Waals surface area contributed by atoms with Crippen LogP contribution < -0.4 is 10.6 Å². The van der Waals surface area contributed by atoms with Gasteiger partial charge in [-0.2, -0.15) is 0 Å². The lowest BCUT2D eigenvalue weighted by Crippen LogP contribution is -2.41. The Hall–Kier alpha value is -1.55. The van der Waals surface area contributed by atoms with Gasteiger partial charge in [0.15, 0.2) is 5.96 Å². The summed E-state index contributed by atoms with van der Waals surface area (Å²) in [5.41, 5.74) is 1.21. The normalized spacial score (nSPS) is 14.9. The van der Waals surface area contributed by atoms with Crippen LogP contribution in [0.3, 0.4) is 0 Å². The summed E-state index contributed by atoms with van der Waals surface area (Å²) in [6.45, 7) is 4.08. The van der Waals surface area contributed by atoms with Crippen molar-refractivity contribution in [2.24, 2.45) is 4.99 Å². The number of aliphatic imine (C=N–C) groups is 1. The second-order valence-electron chi connectivity index (χ2n) is 3.98. The molecule has 17 heavy (non-hydrogen) atoms. The van der Waals surface area contributed by atoms with Crippen molar-refractivity contribution in [3.63, 3.8) is 0 Å². The van der Waals surface area contributed by atoms with E-state index in [1.54, 1.807) is 0 Å². The highest BCUT2D eigenvalue weighted by Gasteiger charge is 2.01. The van der Waals surface area contributed by atoms with Crippen LogP contribution >= 0.6 is 0 Å². The Morgan fingerprint density at radius 2 is 2.18 bits per heavy atom. The largest absolute Gasteiger partial charge is 0.375 e. The van der Waals surface area contributed by atoms with Crippen LogP contribution in [0.15, 0.2) is 35.3 Å². The molecule has 0 unspecified atom stereocenters. The standard InChI is InChI=1S/C13H19N3O/c1-2-5-12(6-3-1)11-17-10-9-16-13-14-7-4-8-15-13/h1-3,5-6H,4,7-11H2,(H2,14,15,16). The maximum absolute atomic E-state index is 5.57. The van der Waals surface area contributed by atoms with E-state index < -0.39 is 0 Å². The van der Waals surface area contributed by atoms with Crippen molar-refractivity contribution in [3.05, 3.63) is 35.9 Å². The molecular weight excluding hydrogens is 214 g/mol. The Morgan fingerprint density at radius 3 is 2.94 bits per heavy atom. The molecule has 0 spiro atoms. The van der Waals surface area contributed by atoms with Gasteiger partial charge in [0.1, 0.15) is 0 Å². The molecule has 92 valence electrons. The highest BCUT2D eigenvalue weighted by atomic mass is 16.5. The number of rotatable bonds is 5. The maximum Gasteiger partial charge on any atom is 0.191 e. The van der Waals surface area contributed by atoms with Crippen molar-refractivity contribution in [2.75, 3.05) is 26.2 Å². The Labute approximate surface area is 102 Å². The lowest BCUT2D eigenvalue weighted by Gasteiger charge is -2.15. The van der Waals surface area contributed by atoms with Gasteiger partial charge in [0.05, 0.1) is 13.2 Å². The summed E-state index contributed by atoms with van der Waals surface area (Å²) in [4.78, 5) is 4.32. The number of guanidine groups is 1. The average Bonchev–Trinajstić information content (AvgIpc) is 2.41. The first-order valence-corrected chi connectivity index (χ1v) is 6.09. The van der Waals surface area contributed by atoms with Gasteiger partial charge in [0.2, 0.25) is 0 Å². The van der Waals surface area contributed by atoms with Crippen molar-refractivity contribution in [1.29, 1.82) is 0 Å². The Bertz CT molecular complexity index is 351. The van der Waals surface area contributed by atoms with E-state index >= 15 is 0 Å². The molecule has 2 N–H and O–H groups in total. The number of benzene rings is 1. The molecule has 0 saturated heterocycles. The van der Waals surface area contributed by atoms with E-state index in [1.165, 1.54) is 5.56 Å². The first kappa shape index (κ1) is 11.9. The fraction of sp³-hybridized carbons (Fsp3) is 0.462. The molecule has 0 radical (unpaired) electrons. The summed E-state index contributed by atoms with van der Waals surface area (Å²) >= 11 is 0. The molecule has 4 heteroatoms. The highest BCUT2D eigenvalue weighted by molar-refractivity contribution is 5.80. The Balaban J connectivity index is 1.56. The third-order valence-corrected chi connectivity index (χ3v) is 2.55. The van der Waals surface area contributed by atoms with Gasteiger partial charge in [-0.05, 0) is 12.0 Å². The second kappa shape index (κ2) is 6.91. The fourth-order valence-corrected chi connectivity index (χ4v) is 1.66. The van der Waals surface area contributed by atoms with E-state index in [0.717, 1.165) is 32.0 Å². The molecule has 1 aromatic rings. The third-order valence-electron chi connectivity index (χ3n) is 2.55. The molecule has 1 aliphatic heterocycles. The molecule has 0 atom stereocenters. The molecule has 1 heterocycles. The summed E-state index contributed by atoms with van der Waals surface area (Å²) < 4.78 is 5.57. The molecule has 0 saturated carbocycles. The van der Waals surface area contributed by atoms with Crippen molar-refractivity contribution in [2.45, 2.75) is 13.0 Å². The SMILES string of the molecule is c1ccc(COCCNC2=NCCCN2)cc1. The van der Waals surface area contributed by atoms with Crippen LogP contribution in [-0.4, -0.2) is 32.2 Å². The van der Waals surface area contributed by atoms with E-state index in [2.05, 4.69) is 27.8 Å². The number of nitrogens with zero attached hydrogens (tertiary/aromatic N) is 1. The minimum Gasteiger partial charge on any atom is -0.375 e. The molecule has 2 rings (SSSR count). The fourth-order valence-electron chi connectivity index (χ4n) is 1.66. The smallest absolute Gasteiger partial charge is 0.191 e. The molecule has 0 fully saturated rings. The summed E-state index contributed by atoms with van der Waals surface area (Å²) in [6, 6.07) is 10.2.